The molecule has 3 N–H and O–H groups in total. The first kappa shape index (κ1) is 16.9. The van der Waals surface area contributed by atoms with Crippen LogP contribution in [-0.2, 0) is 4.79 Å². The molecule has 0 saturated carbocycles. The molecule has 0 bridgehead atoms. The van der Waals surface area contributed by atoms with Crippen molar-refractivity contribution >= 4 is 39.1 Å². The van der Waals surface area contributed by atoms with E-state index in [2.05, 4.69) is 21.2 Å². The molecule has 2 rings (SSSR count). The molecule has 1 amide bonds. The summed E-state index contributed by atoms with van der Waals surface area (Å²) in [7, 11) is 0. The number of quaternary nitrogens is 1. The minimum atomic E-state index is -0.464. The van der Waals surface area contributed by atoms with E-state index in [9.17, 15) is 9.18 Å². The normalized spacial score (nSPS) is 12.0. The molecule has 0 radical (unpaired) electrons. The van der Waals surface area contributed by atoms with Gasteiger partial charge in [-0.2, -0.15) is 0 Å². The molecule has 0 aromatic heterocycles. The zero-order valence-corrected chi connectivity index (χ0v) is 14.3. The van der Waals surface area contributed by atoms with Gasteiger partial charge in [0, 0.05) is 15.1 Å². The van der Waals surface area contributed by atoms with Gasteiger partial charge in [-0.05, 0) is 37.3 Å². The van der Waals surface area contributed by atoms with Crippen LogP contribution in [0, 0.1) is 5.82 Å². The molecule has 2 aromatic carbocycles. The molecule has 116 valence electrons. The SMILES string of the molecule is C[C@H]([NH2+]CC(=O)Nc1ccc(Br)cc1F)c1ccc(Cl)cc1. The number of nitrogens with two attached hydrogens (primary N) is 1. The van der Waals surface area contributed by atoms with E-state index >= 15 is 0 Å². The molecule has 3 nitrogen and oxygen atoms in total. The van der Waals surface area contributed by atoms with Gasteiger partial charge in [0.2, 0.25) is 0 Å². The molecule has 0 aliphatic heterocycles. The monoisotopic (exact) mass is 385 g/mol. The number of carbonyl (C=O) groups excluding carboxylic acids is 1. The maximum absolute atomic E-state index is 13.6. The summed E-state index contributed by atoms with van der Waals surface area (Å²) in [5.41, 5.74) is 1.26. The fourth-order valence-electron chi connectivity index (χ4n) is 1.98. The molecule has 1 atom stereocenters. The second kappa shape index (κ2) is 7.72. The minimum Gasteiger partial charge on any atom is -0.333 e. The number of halogens is 3. The van der Waals surface area contributed by atoms with E-state index < -0.39 is 5.82 Å². The largest absolute Gasteiger partial charge is 0.333 e. The highest BCUT2D eigenvalue weighted by Crippen LogP contribution is 2.19. The number of hydrogen-bond acceptors (Lipinski definition) is 1. The summed E-state index contributed by atoms with van der Waals surface area (Å²) < 4.78 is 14.3. The topological polar surface area (TPSA) is 45.7 Å². The average Bonchev–Trinajstić information content (AvgIpc) is 2.48. The first-order chi connectivity index (χ1) is 10.5. The third kappa shape index (κ3) is 4.80. The standard InChI is InChI=1S/C16H15BrClFN2O/c1-10(11-2-5-13(18)6-3-11)20-9-16(22)21-15-7-4-12(17)8-14(15)19/h2-8,10,20H,9H2,1H3,(H,21,22)/p+1/t10-/m0/s1. The van der Waals surface area contributed by atoms with Crippen LogP contribution in [0.5, 0.6) is 0 Å². The Morgan fingerprint density at radius 3 is 2.64 bits per heavy atom. The van der Waals surface area contributed by atoms with Crippen molar-refractivity contribution in [1.29, 1.82) is 0 Å². The van der Waals surface area contributed by atoms with Crippen molar-refractivity contribution in [3.63, 3.8) is 0 Å². The van der Waals surface area contributed by atoms with Crippen LogP contribution in [0.2, 0.25) is 5.02 Å². The molecule has 0 fully saturated rings. The number of rotatable bonds is 5. The molecule has 2 aromatic rings. The van der Waals surface area contributed by atoms with Crippen LogP contribution in [0.3, 0.4) is 0 Å². The van der Waals surface area contributed by atoms with Gasteiger partial charge in [0.25, 0.3) is 5.91 Å². The first-order valence-electron chi connectivity index (χ1n) is 6.79. The molecular weight excluding hydrogens is 371 g/mol. The van der Waals surface area contributed by atoms with Crippen LogP contribution in [0.4, 0.5) is 10.1 Å². The lowest BCUT2D eigenvalue weighted by molar-refractivity contribution is -0.682. The number of carbonyl (C=O) groups is 1. The van der Waals surface area contributed by atoms with Gasteiger partial charge in [-0.25, -0.2) is 4.39 Å². The average molecular weight is 387 g/mol. The van der Waals surface area contributed by atoms with E-state index in [0.717, 1.165) is 5.56 Å². The Kier molecular flexibility index (Phi) is 5.94. The smallest absolute Gasteiger partial charge is 0.279 e. The van der Waals surface area contributed by atoms with E-state index in [1.807, 2.05) is 36.5 Å². The highest BCUT2D eigenvalue weighted by molar-refractivity contribution is 9.10. The summed E-state index contributed by atoms with van der Waals surface area (Å²) in [5.74, 6) is -0.712. The molecule has 0 saturated heterocycles. The summed E-state index contributed by atoms with van der Waals surface area (Å²) in [6.45, 7) is 2.20. The van der Waals surface area contributed by atoms with Gasteiger partial charge in [0.15, 0.2) is 6.54 Å². The molecular formula is C16H16BrClFN2O+. The number of hydrogen-bond donors (Lipinski definition) is 2. The molecule has 0 heterocycles. The number of anilines is 1. The van der Waals surface area contributed by atoms with Gasteiger partial charge in [0.1, 0.15) is 11.9 Å². The van der Waals surface area contributed by atoms with Crippen LogP contribution in [-0.4, -0.2) is 12.5 Å². The molecule has 0 aliphatic carbocycles. The Hall–Kier alpha value is -1.43. The lowest BCUT2D eigenvalue weighted by Crippen LogP contribution is -2.86. The summed E-state index contributed by atoms with van der Waals surface area (Å²) >= 11 is 9.02. The van der Waals surface area contributed by atoms with E-state index in [0.29, 0.717) is 9.50 Å². The van der Waals surface area contributed by atoms with Gasteiger partial charge in [0.05, 0.1) is 5.69 Å². The number of benzene rings is 2. The van der Waals surface area contributed by atoms with Crippen molar-refractivity contribution in [2.24, 2.45) is 0 Å². The van der Waals surface area contributed by atoms with Crippen molar-refractivity contribution in [2.45, 2.75) is 13.0 Å². The molecule has 6 heteroatoms. The molecule has 0 spiro atoms. The van der Waals surface area contributed by atoms with Crippen molar-refractivity contribution in [3.05, 3.63) is 63.3 Å². The Morgan fingerprint density at radius 2 is 2.00 bits per heavy atom. The first-order valence-corrected chi connectivity index (χ1v) is 7.96. The second-order valence-electron chi connectivity index (χ2n) is 4.95. The maximum atomic E-state index is 13.6. The summed E-state index contributed by atoms with van der Waals surface area (Å²) in [6, 6.07) is 12.1. The Morgan fingerprint density at radius 1 is 1.32 bits per heavy atom. The summed E-state index contributed by atoms with van der Waals surface area (Å²) in [6.07, 6.45) is 0. The quantitative estimate of drug-likeness (QED) is 0.811. The van der Waals surface area contributed by atoms with Crippen molar-refractivity contribution < 1.29 is 14.5 Å². The van der Waals surface area contributed by atoms with E-state index in [-0.39, 0.29) is 24.2 Å². The molecule has 22 heavy (non-hydrogen) atoms. The predicted octanol–water partition coefficient (Wildman–Crippen LogP) is 3.50. The number of amides is 1. The highest BCUT2D eigenvalue weighted by atomic mass is 79.9. The lowest BCUT2D eigenvalue weighted by atomic mass is 10.1. The third-order valence-corrected chi connectivity index (χ3v) is 4.00. The van der Waals surface area contributed by atoms with E-state index in [4.69, 9.17) is 11.6 Å². The van der Waals surface area contributed by atoms with Crippen LogP contribution < -0.4 is 10.6 Å². The minimum absolute atomic E-state index is 0.109. The van der Waals surface area contributed by atoms with Crippen LogP contribution >= 0.6 is 27.5 Å². The van der Waals surface area contributed by atoms with Gasteiger partial charge < -0.3 is 10.6 Å². The van der Waals surface area contributed by atoms with Crippen LogP contribution in [0.1, 0.15) is 18.5 Å². The highest BCUT2D eigenvalue weighted by Gasteiger charge is 2.13. The summed E-state index contributed by atoms with van der Waals surface area (Å²) in [5, 5.41) is 5.13. The Labute approximate surface area is 142 Å². The van der Waals surface area contributed by atoms with Crippen LogP contribution in [0.15, 0.2) is 46.9 Å². The van der Waals surface area contributed by atoms with Gasteiger partial charge in [-0.15, -0.1) is 0 Å². The number of nitrogens with one attached hydrogen (secondary N) is 1. The fraction of sp³-hybridized carbons (Fsp3) is 0.188. The molecule has 0 aliphatic rings. The van der Waals surface area contributed by atoms with E-state index in [1.165, 1.54) is 12.1 Å². The Bertz CT molecular complexity index is 664. The van der Waals surface area contributed by atoms with Crippen molar-refractivity contribution in [3.8, 4) is 0 Å². The zero-order valence-electron chi connectivity index (χ0n) is 11.9. The maximum Gasteiger partial charge on any atom is 0.279 e. The lowest BCUT2D eigenvalue weighted by Gasteiger charge is -2.11. The van der Waals surface area contributed by atoms with Crippen LogP contribution in [0.25, 0.3) is 0 Å². The second-order valence-corrected chi connectivity index (χ2v) is 6.30. The zero-order chi connectivity index (χ0) is 16.1. The third-order valence-electron chi connectivity index (χ3n) is 3.26. The van der Waals surface area contributed by atoms with Crippen molar-refractivity contribution in [2.75, 3.05) is 11.9 Å². The Balaban J connectivity index is 1.88. The molecule has 0 unspecified atom stereocenters. The van der Waals surface area contributed by atoms with E-state index in [1.54, 1.807) is 6.07 Å². The fourth-order valence-corrected chi connectivity index (χ4v) is 2.44. The summed E-state index contributed by atoms with van der Waals surface area (Å²) in [4.78, 5) is 11.9. The van der Waals surface area contributed by atoms with Gasteiger partial charge in [-0.1, -0.05) is 39.7 Å². The van der Waals surface area contributed by atoms with Gasteiger partial charge in [-0.3, -0.25) is 4.79 Å². The van der Waals surface area contributed by atoms with Crippen molar-refractivity contribution in [1.82, 2.24) is 0 Å². The predicted molar refractivity (Wildman–Crippen MR) is 89.4 cm³/mol. The van der Waals surface area contributed by atoms with Gasteiger partial charge >= 0.3 is 0 Å².